The Hall–Kier alpha value is -2.23. The van der Waals surface area contributed by atoms with E-state index in [9.17, 15) is 18.0 Å². The van der Waals surface area contributed by atoms with Crippen LogP contribution in [0.3, 0.4) is 0 Å². The number of amidine groups is 1. The number of aryl methyl sites for hydroxylation is 1. The Morgan fingerprint density at radius 2 is 2.00 bits per heavy atom. The number of halogens is 3. The summed E-state index contributed by atoms with van der Waals surface area (Å²) in [6.45, 7) is 1.85. The molecule has 0 fully saturated rings. The standard InChI is InChI=1S/C15H15F3N4O2S/c1-8-6-5-7-9-10(8)22-12(21(2)3)19-14(11(23)24-4,15(16,17)18)20-13(22)25-9/h5-7H,1-4H3/t14-/m1/s1. The van der Waals surface area contributed by atoms with Crippen molar-refractivity contribution in [1.29, 1.82) is 0 Å². The van der Waals surface area contributed by atoms with E-state index in [1.807, 2.05) is 19.1 Å². The molecule has 1 aromatic carbocycles. The maximum Gasteiger partial charge on any atom is 0.446 e. The number of thioether (sulfide) groups is 1. The Balaban J connectivity index is 2.27. The second kappa shape index (κ2) is 5.65. The molecule has 0 amide bonds. The molecule has 25 heavy (non-hydrogen) atoms. The number of ether oxygens (including phenoxy) is 1. The Morgan fingerprint density at radius 1 is 1.32 bits per heavy atom. The third-order valence-electron chi connectivity index (χ3n) is 3.80. The van der Waals surface area contributed by atoms with Crippen molar-refractivity contribution in [2.45, 2.75) is 23.7 Å². The monoisotopic (exact) mass is 372 g/mol. The van der Waals surface area contributed by atoms with Crippen LogP contribution < -0.4 is 4.90 Å². The predicted molar refractivity (Wildman–Crippen MR) is 88.9 cm³/mol. The predicted octanol–water partition coefficient (Wildman–Crippen LogP) is 2.63. The fourth-order valence-electron chi connectivity index (χ4n) is 2.63. The maximum atomic E-state index is 13.8. The van der Waals surface area contributed by atoms with Gasteiger partial charge in [0.2, 0.25) is 5.96 Å². The zero-order valence-corrected chi connectivity index (χ0v) is 14.7. The first-order valence-corrected chi connectivity index (χ1v) is 8.04. The van der Waals surface area contributed by atoms with Gasteiger partial charge in [0, 0.05) is 19.0 Å². The van der Waals surface area contributed by atoms with Crippen LogP contribution in [0.15, 0.2) is 33.1 Å². The average Bonchev–Trinajstić information content (AvgIpc) is 2.91. The van der Waals surface area contributed by atoms with Gasteiger partial charge in [-0.05, 0) is 30.3 Å². The smallest absolute Gasteiger partial charge is 0.446 e. The molecule has 6 nitrogen and oxygen atoms in total. The van der Waals surface area contributed by atoms with Gasteiger partial charge in [-0.1, -0.05) is 12.1 Å². The number of aliphatic imine (C=N–C) groups is 2. The minimum atomic E-state index is -5.04. The van der Waals surface area contributed by atoms with Gasteiger partial charge in [0.15, 0.2) is 5.17 Å². The van der Waals surface area contributed by atoms with E-state index in [1.165, 1.54) is 9.80 Å². The van der Waals surface area contributed by atoms with Crippen LogP contribution in [-0.4, -0.2) is 55.0 Å². The van der Waals surface area contributed by atoms with Gasteiger partial charge in [0.25, 0.3) is 0 Å². The van der Waals surface area contributed by atoms with Crippen LogP contribution in [0.2, 0.25) is 0 Å². The lowest BCUT2D eigenvalue weighted by molar-refractivity contribution is -0.201. The Morgan fingerprint density at radius 3 is 2.56 bits per heavy atom. The highest BCUT2D eigenvalue weighted by molar-refractivity contribution is 8.15. The number of methoxy groups -OCH3 is 1. The SMILES string of the molecule is COC(=O)[C@]1(C(F)(F)F)N=C2Sc3cccc(C)c3N2C(N(C)C)=N1. The molecule has 134 valence electrons. The summed E-state index contributed by atoms with van der Waals surface area (Å²) >= 11 is 1.06. The highest BCUT2D eigenvalue weighted by Crippen LogP contribution is 2.48. The molecule has 3 rings (SSSR count). The summed E-state index contributed by atoms with van der Waals surface area (Å²) in [5.41, 5.74) is -1.74. The molecule has 0 radical (unpaired) electrons. The largest absolute Gasteiger partial charge is 0.465 e. The van der Waals surface area contributed by atoms with Gasteiger partial charge in [-0.2, -0.15) is 13.2 Å². The summed E-state index contributed by atoms with van der Waals surface area (Å²) in [5, 5.41) is 0.0331. The van der Waals surface area contributed by atoms with Gasteiger partial charge in [0.1, 0.15) is 0 Å². The summed E-state index contributed by atoms with van der Waals surface area (Å²) in [6.07, 6.45) is -5.04. The van der Waals surface area contributed by atoms with Crippen LogP contribution in [0.4, 0.5) is 18.9 Å². The van der Waals surface area contributed by atoms with Gasteiger partial charge < -0.3 is 9.64 Å². The lowest BCUT2D eigenvalue weighted by Gasteiger charge is -2.36. The van der Waals surface area contributed by atoms with E-state index in [1.54, 1.807) is 20.2 Å². The normalized spacial score (nSPS) is 22.0. The fourth-order valence-corrected chi connectivity index (χ4v) is 3.77. The van der Waals surface area contributed by atoms with Gasteiger partial charge >= 0.3 is 17.8 Å². The second-order valence-electron chi connectivity index (χ2n) is 5.72. The maximum absolute atomic E-state index is 13.8. The van der Waals surface area contributed by atoms with E-state index in [0.29, 0.717) is 5.69 Å². The number of para-hydroxylation sites is 1. The van der Waals surface area contributed by atoms with Crippen LogP contribution in [0.1, 0.15) is 5.56 Å². The van der Waals surface area contributed by atoms with Gasteiger partial charge in [0.05, 0.1) is 12.8 Å². The van der Waals surface area contributed by atoms with E-state index in [0.717, 1.165) is 29.3 Å². The third kappa shape index (κ3) is 2.46. The minimum Gasteiger partial charge on any atom is -0.465 e. The number of guanidine groups is 1. The number of nitrogens with zero attached hydrogens (tertiary/aromatic N) is 4. The number of benzene rings is 1. The average molecular weight is 372 g/mol. The van der Waals surface area contributed by atoms with E-state index >= 15 is 0 Å². The molecule has 0 aromatic heterocycles. The zero-order chi connectivity index (χ0) is 18.6. The van der Waals surface area contributed by atoms with Crippen molar-refractivity contribution in [2.75, 3.05) is 26.1 Å². The molecule has 2 heterocycles. The first-order valence-electron chi connectivity index (χ1n) is 7.22. The molecular weight excluding hydrogens is 357 g/mol. The quantitative estimate of drug-likeness (QED) is 0.710. The topological polar surface area (TPSA) is 57.5 Å². The van der Waals surface area contributed by atoms with Crippen molar-refractivity contribution in [3.8, 4) is 0 Å². The number of anilines is 1. The third-order valence-corrected chi connectivity index (χ3v) is 4.81. The number of carbonyl (C=O) groups is 1. The lowest BCUT2D eigenvalue weighted by Crippen LogP contribution is -2.57. The molecule has 10 heteroatoms. The Bertz CT molecular complexity index is 806. The Labute approximate surface area is 146 Å². The summed E-state index contributed by atoms with van der Waals surface area (Å²) < 4.78 is 45.7. The number of esters is 1. The van der Waals surface area contributed by atoms with E-state index in [-0.39, 0.29) is 11.1 Å². The molecule has 0 spiro atoms. The van der Waals surface area contributed by atoms with Gasteiger partial charge in [-0.25, -0.2) is 14.8 Å². The minimum absolute atomic E-state index is 0.0331. The first kappa shape index (κ1) is 17.6. The zero-order valence-electron chi connectivity index (χ0n) is 13.9. The molecule has 0 saturated heterocycles. The molecule has 1 aromatic rings. The number of hydrogen-bond donors (Lipinski definition) is 0. The van der Waals surface area contributed by atoms with Crippen molar-refractivity contribution in [3.05, 3.63) is 23.8 Å². The number of alkyl halides is 3. The summed E-state index contributed by atoms with van der Waals surface area (Å²) in [7, 11) is 4.00. The van der Waals surface area contributed by atoms with Crippen molar-refractivity contribution in [3.63, 3.8) is 0 Å². The molecule has 1 atom stereocenters. The molecule has 0 bridgehead atoms. The molecule has 0 saturated carbocycles. The van der Waals surface area contributed by atoms with Crippen molar-refractivity contribution >= 4 is 34.5 Å². The van der Waals surface area contributed by atoms with Gasteiger partial charge in [-0.3, -0.25) is 4.90 Å². The number of rotatable bonds is 1. The van der Waals surface area contributed by atoms with Crippen molar-refractivity contribution < 1.29 is 22.7 Å². The first-order chi connectivity index (χ1) is 11.6. The highest BCUT2D eigenvalue weighted by atomic mass is 32.2. The number of hydrogen-bond acceptors (Lipinski definition) is 7. The van der Waals surface area contributed by atoms with Crippen LogP contribution in [-0.2, 0) is 9.53 Å². The second-order valence-corrected chi connectivity index (χ2v) is 6.73. The number of carbonyl (C=O) groups excluding carboxylic acids is 1. The molecule has 0 N–H and O–H groups in total. The Kier molecular flexibility index (Phi) is 3.98. The van der Waals surface area contributed by atoms with Crippen LogP contribution in [0.5, 0.6) is 0 Å². The van der Waals surface area contributed by atoms with Crippen LogP contribution in [0, 0.1) is 6.92 Å². The molecule has 2 aliphatic rings. The van der Waals surface area contributed by atoms with Crippen molar-refractivity contribution in [2.24, 2.45) is 9.98 Å². The summed E-state index contributed by atoms with van der Waals surface area (Å²) in [6, 6.07) is 5.44. The summed E-state index contributed by atoms with van der Waals surface area (Å²) in [5.74, 6) is -1.60. The molecule has 2 aliphatic heterocycles. The summed E-state index contributed by atoms with van der Waals surface area (Å²) in [4.78, 5) is 23.1. The van der Waals surface area contributed by atoms with Crippen LogP contribution >= 0.6 is 11.8 Å². The van der Waals surface area contributed by atoms with Gasteiger partial charge in [-0.15, -0.1) is 0 Å². The molecule has 0 unspecified atom stereocenters. The van der Waals surface area contributed by atoms with E-state index in [4.69, 9.17) is 0 Å². The number of fused-ring (bicyclic) bond motifs is 3. The molecule has 0 aliphatic carbocycles. The fraction of sp³-hybridized carbons (Fsp3) is 0.400. The highest BCUT2D eigenvalue weighted by Gasteiger charge is 2.65. The molecular formula is C15H15F3N4O2S. The lowest BCUT2D eigenvalue weighted by atomic mass is 10.1. The van der Waals surface area contributed by atoms with Crippen molar-refractivity contribution in [1.82, 2.24) is 4.90 Å². The van der Waals surface area contributed by atoms with Crippen LogP contribution in [0.25, 0.3) is 0 Å². The van der Waals surface area contributed by atoms with E-state index < -0.39 is 17.8 Å². The van der Waals surface area contributed by atoms with E-state index in [2.05, 4.69) is 14.7 Å².